The van der Waals surface area contributed by atoms with Gasteiger partial charge in [0.15, 0.2) is 0 Å². The highest BCUT2D eigenvalue weighted by atomic mass is 16.7. The van der Waals surface area contributed by atoms with Crippen LogP contribution in [0, 0.1) is 0 Å². The molecule has 2 aliphatic heterocycles. The summed E-state index contributed by atoms with van der Waals surface area (Å²) in [6.45, 7) is 0.738. The summed E-state index contributed by atoms with van der Waals surface area (Å²) in [7, 11) is 0. The van der Waals surface area contributed by atoms with E-state index in [9.17, 15) is 5.11 Å². The van der Waals surface area contributed by atoms with Crippen LogP contribution in [0.4, 0.5) is 0 Å². The van der Waals surface area contributed by atoms with Gasteiger partial charge in [-0.2, -0.15) is 0 Å². The van der Waals surface area contributed by atoms with Crippen molar-refractivity contribution >= 4 is 10.8 Å². The van der Waals surface area contributed by atoms with Crippen LogP contribution in [0.3, 0.4) is 0 Å². The zero-order valence-corrected chi connectivity index (χ0v) is 9.22. The molecule has 2 aliphatic rings. The Hall–Kier alpha value is -1.74. The second-order valence-corrected chi connectivity index (χ2v) is 4.61. The van der Waals surface area contributed by atoms with E-state index in [0.29, 0.717) is 5.75 Å². The molecule has 3 heteroatoms. The molecule has 1 fully saturated rings. The Labute approximate surface area is 98.6 Å². The lowest BCUT2D eigenvalue weighted by Gasteiger charge is -2.09. The Bertz CT molecular complexity index is 606. The van der Waals surface area contributed by atoms with Crippen LogP contribution >= 0.6 is 0 Å². The van der Waals surface area contributed by atoms with Crippen molar-refractivity contribution in [2.24, 2.45) is 0 Å². The predicted octanol–water partition coefficient (Wildman–Crippen LogP) is 2.77. The third kappa shape index (κ3) is 1.15. The van der Waals surface area contributed by atoms with E-state index in [1.54, 1.807) is 0 Å². The van der Waals surface area contributed by atoms with Gasteiger partial charge in [0, 0.05) is 16.3 Å². The van der Waals surface area contributed by atoms with E-state index >= 15 is 0 Å². The Morgan fingerprint density at radius 1 is 1.18 bits per heavy atom. The molecule has 86 valence electrons. The fourth-order valence-corrected chi connectivity index (χ4v) is 2.86. The molecule has 0 aliphatic carbocycles. The molecule has 2 aromatic carbocycles. The Balaban J connectivity index is 2.04. The SMILES string of the molecule is Oc1cc2c(c3ccccc13)O[C@@H]1OCC[C@H]21. The van der Waals surface area contributed by atoms with Crippen LogP contribution in [0.1, 0.15) is 17.9 Å². The minimum atomic E-state index is -0.157. The molecule has 0 bridgehead atoms. The molecular weight excluding hydrogens is 216 g/mol. The predicted molar refractivity (Wildman–Crippen MR) is 63.3 cm³/mol. The van der Waals surface area contributed by atoms with E-state index in [0.717, 1.165) is 35.1 Å². The lowest BCUT2D eigenvalue weighted by atomic mass is 9.95. The number of phenolic OH excluding ortho intramolecular Hbond substituents is 1. The summed E-state index contributed by atoms with van der Waals surface area (Å²) in [6.07, 6.45) is 0.810. The maximum atomic E-state index is 10.1. The van der Waals surface area contributed by atoms with Crippen LogP contribution in [0.25, 0.3) is 10.8 Å². The monoisotopic (exact) mass is 228 g/mol. The van der Waals surface area contributed by atoms with Crippen molar-refractivity contribution < 1.29 is 14.6 Å². The summed E-state index contributed by atoms with van der Waals surface area (Å²) >= 11 is 0. The minimum absolute atomic E-state index is 0.157. The smallest absolute Gasteiger partial charge is 0.207 e. The maximum Gasteiger partial charge on any atom is 0.207 e. The minimum Gasteiger partial charge on any atom is -0.507 e. The van der Waals surface area contributed by atoms with Gasteiger partial charge in [0.05, 0.1) is 12.5 Å². The molecule has 0 aromatic heterocycles. The summed E-state index contributed by atoms with van der Waals surface area (Å²) in [5.41, 5.74) is 1.09. The van der Waals surface area contributed by atoms with Crippen molar-refractivity contribution in [1.82, 2.24) is 0 Å². The highest BCUT2D eigenvalue weighted by Crippen LogP contribution is 2.49. The Morgan fingerprint density at radius 3 is 2.88 bits per heavy atom. The number of phenols is 1. The van der Waals surface area contributed by atoms with E-state index < -0.39 is 0 Å². The Kier molecular flexibility index (Phi) is 1.72. The second kappa shape index (κ2) is 3.14. The average molecular weight is 228 g/mol. The van der Waals surface area contributed by atoms with E-state index in [-0.39, 0.29) is 12.2 Å². The van der Waals surface area contributed by atoms with Gasteiger partial charge in [-0.3, -0.25) is 0 Å². The molecule has 0 radical (unpaired) electrons. The third-order valence-corrected chi connectivity index (χ3v) is 3.68. The molecule has 2 atom stereocenters. The number of ether oxygens (including phenoxy) is 2. The number of hydrogen-bond acceptors (Lipinski definition) is 3. The molecular formula is C14H12O3. The van der Waals surface area contributed by atoms with Gasteiger partial charge in [-0.1, -0.05) is 24.3 Å². The molecule has 0 saturated carbocycles. The molecule has 4 rings (SSSR count). The van der Waals surface area contributed by atoms with Gasteiger partial charge >= 0.3 is 0 Å². The van der Waals surface area contributed by atoms with Crippen LogP contribution in [0.15, 0.2) is 30.3 Å². The molecule has 1 saturated heterocycles. The summed E-state index contributed by atoms with van der Waals surface area (Å²) in [5.74, 6) is 1.49. The van der Waals surface area contributed by atoms with Gasteiger partial charge in [-0.05, 0) is 12.5 Å². The van der Waals surface area contributed by atoms with E-state index in [2.05, 4.69) is 0 Å². The molecule has 17 heavy (non-hydrogen) atoms. The zero-order valence-electron chi connectivity index (χ0n) is 9.22. The first-order valence-electron chi connectivity index (χ1n) is 5.87. The highest BCUT2D eigenvalue weighted by Gasteiger charge is 2.40. The largest absolute Gasteiger partial charge is 0.507 e. The summed E-state index contributed by atoms with van der Waals surface area (Å²) in [5, 5.41) is 11.9. The summed E-state index contributed by atoms with van der Waals surface area (Å²) in [4.78, 5) is 0. The van der Waals surface area contributed by atoms with Crippen molar-refractivity contribution in [1.29, 1.82) is 0 Å². The van der Waals surface area contributed by atoms with Crippen molar-refractivity contribution in [2.45, 2.75) is 18.6 Å². The highest BCUT2D eigenvalue weighted by molar-refractivity contribution is 5.94. The molecule has 0 spiro atoms. The molecule has 2 heterocycles. The van der Waals surface area contributed by atoms with Crippen molar-refractivity contribution in [3.05, 3.63) is 35.9 Å². The lowest BCUT2D eigenvalue weighted by molar-refractivity contribution is -0.0330. The molecule has 0 amide bonds. The molecule has 0 unspecified atom stereocenters. The summed E-state index contributed by atoms with van der Waals surface area (Å²) in [6, 6.07) is 9.59. The first-order valence-corrected chi connectivity index (χ1v) is 5.87. The van der Waals surface area contributed by atoms with Gasteiger partial charge in [-0.25, -0.2) is 0 Å². The quantitative estimate of drug-likeness (QED) is 0.753. The van der Waals surface area contributed by atoms with Gasteiger partial charge in [0.25, 0.3) is 0 Å². The van der Waals surface area contributed by atoms with Gasteiger partial charge in [-0.15, -0.1) is 0 Å². The van der Waals surface area contributed by atoms with E-state index in [4.69, 9.17) is 9.47 Å². The van der Waals surface area contributed by atoms with Crippen LogP contribution in [0.2, 0.25) is 0 Å². The molecule has 1 N–H and O–H groups in total. The van der Waals surface area contributed by atoms with Gasteiger partial charge in [0.1, 0.15) is 11.5 Å². The van der Waals surface area contributed by atoms with Crippen molar-refractivity contribution in [3.8, 4) is 11.5 Å². The fraction of sp³-hybridized carbons (Fsp3) is 0.286. The van der Waals surface area contributed by atoms with Crippen LogP contribution in [-0.2, 0) is 4.74 Å². The third-order valence-electron chi connectivity index (χ3n) is 3.68. The topological polar surface area (TPSA) is 38.7 Å². The average Bonchev–Trinajstić information content (AvgIpc) is 2.91. The van der Waals surface area contributed by atoms with E-state index in [1.165, 1.54) is 0 Å². The zero-order chi connectivity index (χ0) is 11.4. The van der Waals surface area contributed by atoms with E-state index in [1.807, 2.05) is 30.3 Å². The number of aromatic hydroxyl groups is 1. The maximum absolute atomic E-state index is 10.1. The standard InChI is InChI=1S/C14H12O3/c15-12-7-11-10-5-6-16-14(10)17-13(11)9-4-2-1-3-8(9)12/h1-4,7,10,14-15H,5-6H2/t10-,14+/m1/s1. The van der Waals surface area contributed by atoms with Crippen molar-refractivity contribution in [2.75, 3.05) is 6.61 Å². The normalized spacial score (nSPS) is 25.6. The number of fused-ring (bicyclic) bond motifs is 5. The first kappa shape index (κ1) is 9.31. The van der Waals surface area contributed by atoms with Crippen LogP contribution in [-0.4, -0.2) is 18.0 Å². The number of rotatable bonds is 0. The number of benzene rings is 2. The summed E-state index contributed by atoms with van der Waals surface area (Å²) < 4.78 is 11.4. The van der Waals surface area contributed by atoms with Gasteiger partial charge in [0.2, 0.25) is 6.29 Å². The molecule has 2 aromatic rings. The molecule has 3 nitrogen and oxygen atoms in total. The van der Waals surface area contributed by atoms with Crippen molar-refractivity contribution in [3.63, 3.8) is 0 Å². The fourth-order valence-electron chi connectivity index (χ4n) is 2.86. The number of hydrogen-bond donors (Lipinski definition) is 1. The van der Waals surface area contributed by atoms with Crippen LogP contribution < -0.4 is 4.74 Å². The first-order chi connectivity index (χ1) is 8.34. The second-order valence-electron chi connectivity index (χ2n) is 4.61. The Morgan fingerprint density at radius 2 is 2.00 bits per heavy atom. The van der Waals surface area contributed by atoms with Gasteiger partial charge < -0.3 is 14.6 Å². The lowest BCUT2D eigenvalue weighted by Crippen LogP contribution is -2.13. The van der Waals surface area contributed by atoms with Crippen LogP contribution in [0.5, 0.6) is 11.5 Å².